The molecule has 20 heavy (non-hydrogen) atoms. The van der Waals surface area contributed by atoms with Crippen LogP contribution in [-0.2, 0) is 17.4 Å². The van der Waals surface area contributed by atoms with Gasteiger partial charge in [0.25, 0.3) is 5.89 Å². The predicted octanol–water partition coefficient (Wildman–Crippen LogP) is 2.61. The Labute approximate surface area is 118 Å². The van der Waals surface area contributed by atoms with Gasteiger partial charge in [0, 0.05) is 20.4 Å². The van der Waals surface area contributed by atoms with E-state index in [4.69, 9.17) is 14.5 Å². The molecule has 0 aliphatic heterocycles. The van der Waals surface area contributed by atoms with Gasteiger partial charge in [-0.2, -0.15) is 10.2 Å². The molecule has 2 heterocycles. The molecule has 0 bridgehead atoms. The lowest BCUT2D eigenvalue weighted by Crippen LogP contribution is -2.28. The van der Waals surface area contributed by atoms with Crippen LogP contribution >= 0.6 is 0 Å². The van der Waals surface area contributed by atoms with Crippen molar-refractivity contribution in [3.05, 3.63) is 23.7 Å². The minimum absolute atomic E-state index is 0.396. The molecular formula is C14H18N4O2. The van der Waals surface area contributed by atoms with Crippen LogP contribution in [0.1, 0.15) is 38.1 Å². The Morgan fingerprint density at radius 2 is 2.15 bits per heavy atom. The zero-order chi connectivity index (χ0) is 14.8. The van der Waals surface area contributed by atoms with Gasteiger partial charge in [0.15, 0.2) is 0 Å². The van der Waals surface area contributed by atoms with Crippen LogP contribution in [0, 0.1) is 11.3 Å². The van der Waals surface area contributed by atoms with Crippen molar-refractivity contribution in [2.45, 2.75) is 32.3 Å². The van der Waals surface area contributed by atoms with E-state index in [1.165, 1.54) is 0 Å². The largest absolute Gasteiger partial charge is 0.370 e. The normalized spacial score (nSPS) is 11.6. The fourth-order valence-electron chi connectivity index (χ4n) is 2.30. The Bertz CT molecular complexity index is 624. The van der Waals surface area contributed by atoms with E-state index in [1.807, 2.05) is 20.9 Å². The molecule has 0 radical (unpaired) electrons. The van der Waals surface area contributed by atoms with Crippen molar-refractivity contribution in [3.8, 4) is 17.7 Å². The molecule has 2 aromatic rings. The summed E-state index contributed by atoms with van der Waals surface area (Å²) in [5.41, 5.74) is 0.758. The van der Waals surface area contributed by atoms with Gasteiger partial charge in [0.2, 0.25) is 5.82 Å². The van der Waals surface area contributed by atoms with E-state index in [0.717, 1.165) is 18.5 Å². The maximum absolute atomic E-state index is 8.92. The molecule has 2 rings (SSSR count). The molecule has 0 N–H and O–H groups in total. The first kappa shape index (κ1) is 14.3. The number of methoxy groups -OCH3 is 1. The highest BCUT2D eigenvalue weighted by atomic mass is 16.5. The summed E-state index contributed by atoms with van der Waals surface area (Å²) in [5.74, 6) is 0.937. The Kier molecular flexibility index (Phi) is 3.91. The smallest absolute Gasteiger partial charge is 0.274 e. The summed E-state index contributed by atoms with van der Waals surface area (Å²) < 4.78 is 12.7. The lowest BCUT2D eigenvalue weighted by Gasteiger charge is -2.25. The molecule has 0 aromatic carbocycles. The second-order valence-corrected chi connectivity index (χ2v) is 4.67. The number of aryl methyl sites for hydroxylation is 1. The first-order valence-electron chi connectivity index (χ1n) is 6.56. The maximum Gasteiger partial charge on any atom is 0.274 e. The Morgan fingerprint density at radius 3 is 2.65 bits per heavy atom. The van der Waals surface area contributed by atoms with Gasteiger partial charge in [-0.15, -0.1) is 0 Å². The molecule has 0 atom stereocenters. The van der Waals surface area contributed by atoms with E-state index in [2.05, 4.69) is 16.2 Å². The molecule has 0 amide bonds. The quantitative estimate of drug-likeness (QED) is 0.837. The first-order valence-corrected chi connectivity index (χ1v) is 6.56. The molecule has 0 aliphatic rings. The average molecular weight is 274 g/mol. The summed E-state index contributed by atoms with van der Waals surface area (Å²) in [5, 5.41) is 13.0. The van der Waals surface area contributed by atoms with Crippen molar-refractivity contribution in [2.75, 3.05) is 7.11 Å². The molecule has 0 unspecified atom stereocenters. The molecule has 0 saturated carbocycles. The number of hydrogen-bond donors (Lipinski definition) is 0. The van der Waals surface area contributed by atoms with Crippen molar-refractivity contribution in [1.29, 1.82) is 5.26 Å². The minimum Gasteiger partial charge on any atom is -0.370 e. The lowest BCUT2D eigenvalue weighted by molar-refractivity contribution is -0.0306. The van der Waals surface area contributed by atoms with Crippen LogP contribution in [-0.4, -0.2) is 21.8 Å². The monoisotopic (exact) mass is 274 g/mol. The van der Waals surface area contributed by atoms with Crippen LogP contribution in [0.3, 0.4) is 0 Å². The lowest BCUT2D eigenvalue weighted by atomic mass is 9.96. The first-order chi connectivity index (χ1) is 9.60. The molecule has 0 saturated heterocycles. The third kappa shape index (κ3) is 2.21. The SMILES string of the molecule is CCC(CC)(OC)c1noc(-c2cc(C#N)cn2C)n1. The van der Waals surface area contributed by atoms with Crippen LogP contribution < -0.4 is 0 Å². The summed E-state index contributed by atoms with van der Waals surface area (Å²) >= 11 is 0. The topological polar surface area (TPSA) is 76.9 Å². The Morgan fingerprint density at radius 1 is 1.45 bits per heavy atom. The van der Waals surface area contributed by atoms with Crippen molar-refractivity contribution in [1.82, 2.24) is 14.7 Å². The van der Waals surface area contributed by atoms with E-state index < -0.39 is 5.60 Å². The maximum atomic E-state index is 8.92. The molecule has 0 aliphatic carbocycles. The van der Waals surface area contributed by atoms with Gasteiger partial charge in [0.05, 0.1) is 5.56 Å². The molecule has 106 valence electrons. The number of ether oxygens (including phenoxy) is 1. The van der Waals surface area contributed by atoms with Gasteiger partial charge in [-0.05, 0) is 18.9 Å². The second kappa shape index (κ2) is 5.47. The fraction of sp³-hybridized carbons (Fsp3) is 0.500. The van der Waals surface area contributed by atoms with E-state index in [9.17, 15) is 0 Å². The molecular weight excluding hydrogens is 256 g/mol. The Hall–Kier alpha value is -2.13. The average Bonchev–Trinajstić information content (AvgIpc) is 3.08. The zero-order valence-corrected chi connectivity index (χ0v) is 12.2. The van der Waals surface area contributed by atoms with Gasteiger partial charge < -0.3 is 13.8 Å². The predicted molar refractivity (Wildman–Crippen MR) is 72.7 cm³/mol. The molecule has 0 spiro atoms. The number of hydrogen-bond acceptors (Lipinski definition) is 5. The van der Waals surface area contributed by atoms with Crippen molar-refractivity contribution < 1.29 is 9.26 Å². The van der Waals surface area contributed by atoms with Crippen molar-refractivity contribution in [3.63, 3.8) is 0 Å². The number of nitriles is 1. The van der Waals surface area contributed by atoms with E-state index in [1.54, 1.807) is 23.9 Å². The number of rotatable bonds is 5. The third-order valence-electron chi connectivity index (χ3n) is 3.72. The summed E-state index contributed by atoms with van der Waals surface area (Å²) in [6.07, 6.45) is 3.24. The van der Waals surface area contributed by atoms with Crippen LogP contribution in [0.2, 0.25) is 0 Å². The summed E-state index contributed by atoms with van der Waals surface area (Å²) in [6, 6.07) is 3.82. The standard InChI is InChI=1S/C14H18N4O2/c1-5-14(6-2,19-4)13-16-12(20-17-13)11-7-10(8-15)9-18(11)3/h7,9H,5-6H2,1-4H3. The summed E-state index contributed by atoms with van der Waals surface area (Å²) in [4.78, 5) is 4.44. The van der Waals surface area contributed by atoms with E-state index >= 15 is 0 Å². The van der Waals surface area contributed by atoms with Crippen LogP contribution in [0.25, 0.3) is 11.6 Å². The molecule has 6 heteroatoms. The zero-order valence-electron chi connectivity index (χ0n) is 12.2. The molecule has 0 fully saturated rings. The highest BCUT2D eigenvalue weighted by molar-refractivity contribution is 5.52. The highest BCUT2D eigenvalue weighted by Crippen LogP contribution is 2.31. The van der Waals surface area contributed by atoms with Crippen LogP contribution in [0.4, 0.5) is 0 Å². The fourth-order valence-corrected chi connectivity index (χ4v) is 2.30. The van der Waals surface area contributed by atoms with Crippen molar-refractivity contribution in [2.24, 2.45) is 7.05 Å². The summed E-state index contributed by atoms with van der Waals surface area (Å²) in [6.45, 7) is 4.05. The third-order valence-corrected chi connectivity index (χ3v) is 3.72. The van der Waals surface area contributed by atoms with Crippen molar-refractivity contribution >= 4 is 0 Å². The molecule has 2 aromatic heterocycles. The number of nitrogens with zero attached hydrogens (tertiary/aromatic N) is 4. The van der Waals surface area contributed by atoms with Crippen LogP contribution in [0.15, 0.2) is 16.8 Å². The highest BCUT2D eigenvalue weighted by Gasteiger charge is 2.34. The van der Waals surface area contributed by atoms with E-state index in [-0.39, 0.29) is 0 Å². The van der Waals surface area contributed by atoms with Crippen LogP contribution in [0.5, 0.6) is 0 Å². The number of aromatic nitrogens is 3. The van der Waals surface area contributed by atoms with Gasteiger partial charge in [-0.25, -0.2) is 0 Å². The van der Waals surface area contributed by atoms with Gasteiger partial charge >= 0.3 is 0 Å². The van der Waals surface area contributed by atoms with E-state index in [0.29, 0.717) is 17.3 Å². The minimum atomic E-state index is -0.523. The van der Waals surface area contributed by atoms with Gasteiger partial charge in [-0.1, -0.05) is 19.0 Å². The second-order valence-electron chi connectivity index (χ2n) is 4.67. The Balaban J connectivity index is 2.43. The summed E-state index contributed by atoms with van der Waals surface area (Å²) in [7, 11) is 3.49. The molecule has 6 nitrogen and oxygen atoms in total. The van der Waals surface area contributed by atoms with Gasteiger partial charge in [-0.3, -0.25) is 0 Å². The van der Waals surface area contributed by atoms with Gasteiger partial charge in [0.1, 0.15) is 17.4 Å².